The van der Waals surface area contributed by atoms with Crippen LogP contribution in [0.25, 0.3) is 0 Å². The zero-order valence-corrected chi connectivity index (χ0v) is 16.0. The number of hydrogen-bond acceptors (Lipinski definition) is 4. The molecule has 0 rings (SSSR count). The van der Waals surface area contributed by atoms with Gasteiger partial charge in [-0.3, -0.25) is 0 Å². The number of nitrogens with zero attached hydrogens (tertiary/aromatic N) is 2. The first-order valence-electron chi connectivity index (χ1n) is 8.21. The summed E-state index contributed by atoms with van der Waals surface area (Å²) in [7, 11) is 0. The number of aliphatic hydroxyl groups is 2. The maximum absolute atomic E-state index is 8.97. The summed E-state index contributed by atoms with van der Waals surface area (Å²) >= 11 is 0. The van der Waals surface area contributed by atoms with E-state index in [1.165, 1.54) is 0 Å². The summed E-state index contributed by atoms with van der Waals surface area (Å²) in [6.45, 7) is 18.6. The van der Waals surface area contributed by atoms with Gasteiger partial charge in [0.1, 0.15) is 0 Å². The molecule has 2 unspecified atom stereocenters. The van der Waals surface area contributed by atoms with E-state index in [-0.39, 0.29) is 29.0 Å². The Morgan fingerprint density at radius 1 is 0.667 bits per heavy atom. The summed E-state index contributed by atoms with van der Waals surface area (Å²) in [6.07, 6.45) is 1.48. The quantitative estimate of drug-likeness (QED) is 0.635. The van der Waals surface area contributed by atoms with Crippen LogP contribution in [0.1, 0.15) is 54.4 Å². The monoisotopic (exact) mass is 349 g/mol. The summed E-state index contributed by atoms with van der Waals surface area (Å²) in [5.74, 6) is 0. The standard InChI is InChI=1S/2C8H19NO.Co/c2*1-4-9(5-2)7-6-8(3)10;/h2*8,10H,4-7H2,1-3H3;. The van der Waals surface area contributed by atoms with Gasteiger partial charge in [-0.05, 0) is 52.9 Å². The maximum atomic E-state index is 8.97. The second-order valence-electron chi connectivity index (χ2n) is 5.33. The van der Waals surface area contributed by atoms with Crippen molar-refractivity contribution in [3.63, 3.8) is 0 Å². The van der Waals surface area contributed by atoms with Gasteiger partial charge in [-0.25, -0.2) is 0 Å². The van der Waals surface area contributed by atoms with Crippen LogP contribution in [0.4, 0.5) is 0 Å². The Bertz CT molecular complexity index is 165. The molecule has 0 bridgehead atoms. The van der Waals surface area contributed by atoms with Crippen molar-refractivity contribution in [3.8, 4) is 0 Å². The third-order valence-electron chi connectivity index (χ3n) is 3.52. The molecule has 0 aliphatic carbocycles. The molecule has 0 fully saturated rings. The Hall–Kier alpha value is 0.346. The van der Waals surface area contributed by atoms with Gasteiger partial charge in [-0.2, -0.15) is 0 Å². The minimum atomic E-state index is -0.152. The van der Waals surface area contributed by atoms with E-state index >= 15 is 0 Å². The minimum Gasteiger partial charge on any atom is -0.393 e. The molecule has 1 radical (unpaired) electrons. The van der Waals surface area contributed by atoms with E-state index in [0.717, 1.165) is 52.1 Å². The molecule has 2 atom stereocenters. The number of rotatable bonds is 10. The van der Waals surface area contributed by atoms with Crippen molar-refractivity contribution in [2.75, 3.05) is 39.3 Å². The van der Waals surface area contributed by atoms with Crippen LogP contribution < -0.4 is 0 Å². The van der Waals surface area contributed by atoms with E-state index in [1.807, 2.05) is 13.8 Å². The average Bonchev–Trinajstić information content (AvgIpc) is 2.41. The van der Waals surface area contributed by atoms with Crippen molar-refractivity contribution in [3.05, 3.63) is 0 Å². The van der Waals surface area contributed by atoms with Gasteiger partial charge in [0.2, 0.25) is 0 Å². The summed E-state index contributed by atoms with van der Waals surface area (Å²) < 4.78 is 0. The van der Waals surface area contributed by atoms with Crippen molar-refractivity contribution in [2.24, 2.45) is 0 Å². The molecule has 4 nitrogen and oxygen atoms in total. The molecule has 21 heavy (non-hydrogen) atoms. The van der Waals surface area contributed by atoms with E-state index in [9.17, 15) is 0 Å². The Labute approximate surface area is 143 Å². The van der Waals surface area contributed by atoms with E-state index < -0.39 is 0 Å². The fourth-order valence-corrected chi connectivity index (χ4v) is 1.82. The third kappa shape index (κ3) is 20.3. The molecule has 0 heterocycles. The van der Waals surface area contributed by atoms with Crippen LogP contribution >= 0.6 is 0 Å². The van der Waals surface area contributed by atoms with E-state index in [2.05, 4.69) is 37.5 Å². The largest absolute Gasteiger partial charge is 0.393 e. The molecule has 0 aromatic heterocycles. The Balaban J connectivity index is -0.000000295. The van der Waals surface area contributed by atoms with Crippen LogP contribution in [0.2, 0.25) is 0 Å². The van der Waals surface area contributed by atoms with Gasteiger partial charge in [0.05, 0.1) is 12.2 Å². The van der Waals surface area contributed by atoms with Crippen molar-refractivity contribution >= 4 is 0 Å². The minimum absolute atomic E-state index is 0. The van der Waals surface area contributed by atoms with Gasteiger partial charge in [0, 0.05) is 29.9 Å². The predicted octanol–water partition coefficient (Wildman–Crippen LogP) is 2.20. The van der Waals surface area contributed by atoms with Crippen molar-refractivity contribution in [1.29, 1.82) is 0 Å². The van der Waals surface area contributed by atoms with Gasteiger partial charge in [0.25, 0.3) is 0 Å². The van der Waals surface area contributed by atoms with Crippen LogP contribution in [0.15, 0.2) is 0 Å². The Morgan fingerprint density at radius 2 is 0.905 bits per heavy atom. The summed E-state index contributed by atoms with van der Waals surface area (Å²) in [6, 6.07) is 0. The molecule has 0 aromatic carbocycles. The second-order valence-corrected chi connectivity index (χ2v) is 5.33. The molecular weight excluding hydrogens is 311 g/mol. The van der Waals surface area contributed by atoms with E-state index in [4.69, 9.17) is 10.2 Å². The zero-order valence-electron chi connectivity index (χ0n) is 14.9. The van der Waals surface area contributed by atoms with Gasteiger partial charge in [0.15, 0.2) is 0 Å². The molecule has 0 aliphatic rings. The Kier molecular flexibility index (Phi) is 23.0. The normalized spacial score (nSPS) is 13.4. The first-order chi connectivity index (χ1) is 9.40. The zero-order chi connectivity index (χ0) is 16.0. The predicted molar refractivity (Wildman–Crippen MR) is 88.2 cm³/mol. The molecule has 5 heteroatoms. The van der Waals surface area contributed by atoms with E-state index in [0.29, 0.717) is 0 Å². The van der Waals surface area contributed by atoms with Gasteiger partial charge >= 0.3 is 0 Å². The molecule has 133 valence electrons. The van der Waals surface area contributed by atoms with Crippen LogP contribution in [0.3, 0.4) is 0 Å². The first kappa shape index (κ1) is 26.3. The van der Waals surface area contributed by atoms with Crippen LogP contribution in [-0.2, 0) is 16.8 Å². The molecular formula is C16H38CoN2O2. The summed E-state index contributed by atoms with van der Waals surface area (Å²) in [4.78, 5) is 4.62. The van der Waals surface area contributed by atoms with Crippen LogP contribution in [-0.4, -0.2) is 71.5 Å². The van der Waals surface area contributed by atoms with Gasteiger partial charge in [-0.15, -0.1) is 0 Å². The summed E-state index contributed by atoms with van der Waals surface area (Å²) in [5.41, 5.74) is 0. The van der Waals surface area contributed by atoms with E-state index in [1.54, 1.807) is 0 Å². The smallest absolute Gasteiger partial charge is 0.0524 e. The number of aliphatic hydroxyl groups excluding tert-OH is 2. The molecule has 2 N–H and O–H groups in total. The molecule has 0 aliphatic heterocycles. The number of hydrogen-bond donors (Lipinski definition) is 2. The first-order valence-corrected chi connectivity index (χ1v) is 8.21. The van der Waals surface area contributed by atoms with Gasteiger partial charge in [-0.1, -0.05) is 27.7 Å². The fourth-order valence-electron chi connectivity index (χ4n) is 1.82. The fraction of sp³-hybridized carbons (Fsp3) is 1.00. The topological polar surface area (TPSA) is 46.9 Å². The molecule has 0 amide bonds. The molecule has 0 saturated carbocycles. The Morgan fingerprint density at radius 3 is 1.05 bits per heavy atom. The average molecular weight is 349 g/mol. The van der Waals surface area contributed by atoms with Crippen molar-refractivity contribution in [1.82, 2.24) is 9.80 Å². The molecule has 0 spiro atoms. The van der Waals surface area contributed by atoms with Gasteiger partial charge < -0.3 is 20.0 Å². The van der Waals surface area contributed by atoms with Crippen LogP contribution in [0.5, 0.6) is 0 Å². The van der Waals surface area contributed by atoms with Crippen LogP contribution in [0, 0.1) is 0 Å². The molecule has 0 aromatic rings. The SMILES string of the molecule is CCN(CC)CCC(C)O.CCN(CC)CCC(C)O.[Co]. The summed E-state index contributed by atoms with van der Waals surface area (Å²) in [5, 5.41) is 17.9. The molecule has 0 saturated heterocycles. The maximum Gasteiger partial charge on any atom is 0.0524 e. The van der Waals surface area contributed by atoms with Crippen molar-refractivity contribution < 1.29 is 27.0 Å². The third-order valence-corrected chi connectivity index (χ3v) is 3.52. The van der Waals surface area contributed by atoms with Crippen molar-refractivity contribution in [2.45, 2.75) is 66.6 Å². The second kappa shape index (κ2) is 18.4.